The molecule has 0 spiro atoms. The van der Waals surface area contributed by atoms with Crippen molar-refractivity contribution in [1.29, 1.82) is 0 Å². The number of unbranched alkanes of at least 4 members (excludes halogenated alkanes) is 48. The molecule has 0 aliphatic carbocycles. The maximum atomic E-state index is 12.8. The maximum absolute atomic E-state index is 12.8. The van der Waals surface area contributed by atoms with Gasteiger partial charge in [-0.25, -0.2) is 4.57 Å². The highest BCUT2D eigenvalue weighted by molar-refractivity contribution is 7.47. The summed E-state index contributed by atoms with van der Waals surface area (Å²) in [7, 11) is -4.39. The molecule has 0 rings (SSSR count). The van der Waals surface area contributed by atoms with Crippen molar-refractivity contribution in [3.05, 3.63) is 60.8 Å². The number of phosphoric ester groups is 1. The van der Waals surface area contributed by atoms with Gasteiger partial charge < -0.3 is 20.1 Å². The number of hydrogen-bond acceptors (Lipinski definition) is 8. The number of rotatable bonds is 71. The molecular weight excluding hydrogens is 1090 g/mol. The molecule has 2 unspecified atom stereocenters. The van der Waals surface area contributed by atoms with Crippen LogP contribution in [0.15, 0.2) is 60.8 Å². The van der Waals surface area contributed by atoms with Crippen LogP contribution in [0, 0.1) is 0 Å². The van der Waals surface area contributed by atoms with Gasteiger partial charge in [-0.3, -0.25) is 18.6 Å². The molecule has 0 aromatic heterocycles. The molecule has 0 saturated heterocycles. The molecule has 0 bridgehead atoms. The third-order valence-electron chi connectivity index (χ3n) is 16.7. The van der Waals surface area contributed by atoms with Crippen molar-refractivity contribution in [2.24, 2.45) is 5.73 Å². The van der Waals surface area contributed by atoms with E-state index >= 15 is 0 Å². The van der Waals surface area contributed by atoms with E-state index in [-0.39, 0.29) is 38.6 Å². The van der Waals surface area contributed by atoms with Crippen LogP contribution >= 0.6 is 7.82 Å². The van der Waals surface area contributed by atoms with Crippen molar-refractivity contribution < 1.29 is 37.6 Å². The minimum absolute atomic E-state index is 0.0548. The molecule has 0 radical (unpaired) electrons. The van der Waals surface area contributed by atoms with Gasteiger partial charge in [-0.1, -0.05) is 370 Å². The molecule has 504 valence electrons. The number of hydrogen-bond donors (Lipinski definition) is 2. The summed E-state index contributed by atoms with van der Waals surface area (Å²) in [5.41, 5.74) is 5.41. The Labute approximate surface area is 533 Å². The molecule has 0 aliphatic heterocycles. The fourth-order valence-electron chi connectivity index (χ4n) is 11.2. The largest absolute Gasteiger partial charge is 0.472 e. The van der Waals surface area contributed by atoms with E-state index in [2.05, 4.69) is 74.6 Å². The third-order valence-corrected chi connectivity index (χ3v) is 17.7. The van der Waals surface area contributed by atoms with E-state index < -0.39 is 26.5 Å². The van der Waals surface area contributed by atoms with E-state index in [0.717, 1.165) is 70.6 Å². The molecular formula is C76H142NO8P. The zero-order chi connectivity index (χ0) is 62.3. The van der Waals surface area contributed by atoms with Gasteiger partial charge in [0.25, 0.3) is 0 Å². The first-order chi connectivity index (χ1) is 42.3. The number of esters is 2. The number of ether oxygens (including phenoxy) is 2. The Morgan fingerprint density at radius 1 is 0.360 bits per heavy atom. The zero-order valence-electron chi connectivity index (χ0n) is 56.8. The Hall–Kier alpha value is -2.29. The summed E-state index contributed by atoms with van der Waals surface area (Å²) >= 11 is 0. The number of allylic oxidation sites excluding steroid dienone is 10. The highest BCUT2D eigenvalue weighted by atomic mass is 31.2. The smallest absolute Gasteiger partial charge is 0.462 e. The normalized spacial score (nSPS) is 13.2. The molecule has 2 atom stereocenters. The van der Waals surface area contributed by atoms with Gasteiger partial charge in [0.15, 0.2) is 6.10 Å². The topological polar surface area (TPSA) is 134 Å². The van der Waals surface area contributed by atoms with Gasteiger partial charge in [-0.2, -0.15) is 0 Å². The summed E-state index contributed by atoms with van der Waals surface area (Å²) in [5, 5.41) is 0. The van der Waals surface area contributed by atoms with Gasteiger partial charge in [0.05, 0.1) is 13.2 Å². The maximum Gasteiger partial charge on any atom is 0.472 e. The summed E-state index contributed by atoms with van der Waals surface area (Å²) in [4.78, 5) is 35.4. The van der Waals surface area contributed by atoms with E-state index in [4.69, 9.17) is 24.3 Å². The van der Waals surface area contributed by atoms with Crippen LogP contribution in [0.3, 0.4) is 0 Å². The van der Waals surface area contributed by atoms with Gasteiger partial charge >= 0.3 is 19.8 Å². The molecule has 10 heteroatoms. The second-order valence-electron chi connectivity index (χ2n) is 25.1. The Bertz CT molecular complexity index is 1590. The first kappa shape index (κ1) is 83.7. The van der Waals surface area contributed by atoms with E-state index in [1.165, 1.54) is 276 Å². The van der Waals surface area contributed by atoms with Gasteiger partial charge in [-0.15, -0.1) is 0 Å². The standard InChI is InChI=1S/C76H142NO8P/c1-3-5-7-9-11-13-15-17-19-21-23-25-27-29-31-33-35-37-39-41-43-45-47-49-51-53-55-57-59-61-63-65-67-69-76(79)85-74(73-84-86(80,81)83-71-70-77)72-82-75(78)68-66-64-62-60-58-56-54-52-50-48-46-44-42-40-38-36-34-32-30-28-26-24-22-20-18-16-14-12-10-8-6-4-2/h5,7,11,13,17,19,23,25,29,31,74H,3-4,6,8-10,12,14-16,18,20-22,24,26-28,30,32-73,77H2,1-2H3,(H,80,81)/b7-5-,13-11-,19-17-,25-23-,31-29-. The lowest BCUT2D eigenvalue weighted by atomic mass is 10.0. The highest BCUT2D eigenvalue weighted by Gasteiger charge is 2.26. The van der Waals surface area contributed by atoms with E-state index in [1.54, 1.807) is 0 Å². The average molecular weight is 1230 g/mol. The van der Waals surface area contributed by atoms with Crippen molar-refractivity contribution in [3.63, 3.8) is 0 Å². The SMILES string of the molecule is CC/C=C\C/C=C\C/C=C\C/C=C\C/C=C\CCCCCCCCCCCCCCCCCCCC(=O)OC(COC(=O)CCCCCCCCCCCCCCCCCCCCCCCCCCCCCCCCCC)COP(=O)(O)OCCN. The van der Waals surface area contributed by atoms with Crippen molar-refractivity contribution in [1.82, 2.24) is 0 Å². The summed E-state index contributed by atoms with van der Waals surface area (Å²) in [6, 6.07) is 0. The van der Waals surface area contributed by atoms with Crippen LogP contribution in [0.4, 0.5) is 0 Å². The number of carbonyl (C=O) groups excluding carboxylic acids is 2. The second kappa shape index (κ2) is 71.8. The highest BCUT2D eigenvalue weighted by Crippen LogP contribution is 2.43. The minimum Gasteiger partial charge on any atom is -0.462 e. The second-order valence-corrected chi connectivity index (χ2v) is 26.6. The van der Waals surface area contributed by atoms with Gasteiger partial charge in [-0.05, 0) is 57.8 Å². The summed E-state index contributed by atoms with van der Waals surface area (Å²) in [6.45, 7) is 3.70. The molecule has 0 aliphatic rings. The lowest BCUT2D eigenvalue weighted by Crippen LogP contribution is -2.29. The first-order valence-corrected chi connectivity index (χ1v) is 38.8. The van der Waals surface area contributed by atoms with Gasteiger partial charge in [0.1, 0.15) is 6.61 Å². The zero-order valence-corrected chi connectivity index (χ0v) is 57.7. The molecule has 0 aromatic rings. The van der Waals surface area contributed by atoms with Crippen LogP contribution in [0.25, 0.3) is 0 Å². The molecule has 0 saturated carbocycles. The summed E-state index contributed by atoms with van der Waals surface area (Å²) in [6.07, 6.45) is 93.4. The Kier molecular flexibility index (Phi) is 69.9. The molecule has 3 N–H and O–H groups in total. The van der Waals surface area contributed by atoms with Crippen LogP contribution < -0.4 is 5.73 Å². The van der Waals surface area contributed by atoms with Crippen LogP contribution in [0.5, 0.6) is 0 Å². The van der Waals surface area contributed by atoms with Gasteiger partial charge in [0.2, 0.25) is 0 Å². The quantitative estimate of drug-likeness (QED) is 0.0264. The Morgan fingerprint density at radius 2 is 0.640 bits per heavy atom. The Balaban J connectivity index is 3.80. The Morgan fingerprint density at radius 3 is 0.953 bits per heavy atom. The third kappa shape index (κ3) is 70.8. The van der Waals surface area contributed by atoms with Gasteiger partial charge in [0, 0.05) is 19.4 Å². The summed E-state index contributed by atoms with van der Waals surface area (Å²) < 4.78 is 33.2. The van der Waals surface area contributed by atoms with Crippen molar-refractivity contribution in [2.45, 2.75) is 386 Å². The van der Waals surface area contributed by atoms with E-state index in [0.29, 0.717) is 6.42 Å². The number of phosphoric acid groups is 1. The fraction of sp³-hybridized carbons (Fsp3) is 0.842. The molecule has 86 heavy (non-hydrogen) atoms. The molecule has 0 aromatic carbocycles. The number of nitrogens with two attached hydrogens (primary N) is 1. The molecule has 9 nitrogen and oxygen atoms in total. The van der Waals surface area contributed by atoms with Crippen LogP contribution in [-0.2, 0) is 32.7 Å². The summed E-state index contributed by atoms with van der Waals surface area (Å²) in [5.74, 6) is -0.807. The van der Waals surface area contributed by atoms with Crippen molar-refractivity contribution >= 4 is 19.8 Å². The number of carbonyl (C=O) groups is 2. The predicted octanol–water partition coefficient (Wildman–Crippen LogP) is 24.6. The lowest BCUT2D eigenvalue weighted by Gasteiger charge is -2.19. The lowest BCUT2D eigenvalue weighted by molar-refractivity contribution is -0.161. The van der Waals surface area contributed by atoms with Crippen molar-refractivity contribution in [2.75, 3.05) is 26.4 Å². The monoisotopic (exact) mass is 1230 g/mol. The fourth-order valence-corrected chi connectivity index (χ4v) is 12.0. The predicted molar refractivity (Wildman–Crippen MR) is 372 cm³/mol. The van der Waals surface area contributed by atoms with E-state index in [9.17, 15) is 19.0 Å². The molecule has 0 fully saturated rings. The average Bonchev–Trinajstić information content (AvgIpc) is 3.58. The molecule has 0 heterocycles. The van der Waals surface area contributed by atoms with Crippen LogP contribution in [0.1, 0.15) is 380 Å². The minimum atomic E-state index is -4.39. The van der Waals surface area contributed by atoms with Crippen molar-refractivity contribution in [3.8, 4) is 0 Å². The van der Waals surface area contributed by atoms with E-state index in [1.807, 2.05) is 0 Å². The first-order valence-electron chi connectivity index (χ1n) is 37.3. The van der Waals surface area contributed by atoms with Crippen LogP contribution in [-0.4, -0.2) is 49.3 Å². The van der Waals surface area contributed by atoms with Crippen LogP contribution in [0.2, 0.25) is 0 Å². The molecule has 0 amide bonds.